The van der Waals surface area contributed by atoms with Crippen molar-refractivity contribution in [3.63, 3.8) is 0 Å². The average Bonchev–Trinajstić information content (AvgIpc) is 3.40. The lowest BCUT2D eigenvalue weighted by Crippen LogP contribution is -2.33. The minimum atomic E-state index is -4.58. The predicted molar refractivity (Wildman–Crippen MR) is 96.0 cm³/mol. The summed E-state index contributed by atoms with van der Waals surface area (Å²) in [5.41, 5.74) is 4.32. The van der Waals surface area contributed by atoms with Crippen LogP contribution in [0.3, 0.4) is 0 Å². The van der Waals surface area contributed by atoms with Gasteiger partial charge in [-0.05, 0) is 30.9 Å². The van der Waals surface area contributed by atoms with E-state index in [1.807, 2.05) is 13.8 Å². The molecule has 8 heteroatoms. The van der Waals surface area contributed by atoms with Gasteiger partial charge >= 0.3 is 6.18 Å². The van der Waals surface area contributed by atoms with Gasteiger partial charge in [0.15, 0.2) is 0 Å². The molecule has 0 saturated heterocycles. The number of allylic oxidation sites excluding steroid dienone is 1. The number of aromatic nitrogens is 1. The number of hydrogen-bond donors (Lipinski definition) is 2. The van der Waals surface area contributed by atoms with Crippen LogP contribution in [0.2, 0.25) is 0 Å². The van der Waals surface area contributed by atoms with Gasteiger partial charge < -0.3 is 10.5 Å². The Bertz CT molecular complexity index is 584. The molecule has 1 aromatic heterocycles. The molecule has 1 fully saturated rings. The zero-order chi connectivity index (χ0) is 19.6. The number of nitrogens with zero attached hydrogens (tertiary/aromatic N) is 2. The van der Waals surface area contributed by atoms with Gasteiger partial charge in [-0.3, -0.25) is 5.84 Å². The Labute approximate surface area is 152 Å². The normalized spacial score (nSPS) is 15.5. The van der Waals surface area contributed by atoms with Crippen LogP contribution in [0.15, 0.2) is 47.9 Å². The Balaban J connectivity index is 0.00000163. The van der Waals surface area contributed by atoms with Crippen molar-refractivity contribution in [3.05, 3.63) is 47.9 Å². The van der Waals surface area contributed by atoms with Crippen molar-refractivity contribution in [1.29, 1.82) is 0 Å². The van der Waals surface area contributed by atoms with Gasteiger partial charge in [0, 0.05) is 31.9 Å². The molecule has 5 nitrogen and oxygen atoms in total. The second-order valence-electron chi connectivity index (χ2n) is 5.61. The summed E-state index contributed by atoms with van der Waals surface area (Å²) in [5, 5.41) is 1.57. The first-order chi connectivity index (χ1) is 12.4. The molecule has 1 saturated carbocycles. The number of nitrogens with two attached hydrogens (primary N) is 2. The lowest BCUT2D eigenvalue weighted by molar-refractivity contribution is -0.0943. The largest absolute Gasteiger partial charge is 0.439 e. The zero-order valence-electron chi connectivity index (χ0n) is 15.2. The molecule has 0 aromatic carbocycles. The number of rotatable bonds is 8. The van der Waals surface area contributed by atoms with Crippen molar-refractivity contribution in [1.82, 2.24) is 9.99 Å². The van der Waals surface area contributed by atoms with Crippen molar-refractivity contribution in [2.75, 3.05) is 19.6 Å². The van der Waals surface area contributed by atoms with E-state index in [1.54, 1.807) is 17.1 Å². The van der Waals surface area contributed by atoms with Crippen molar-refractivity contribution in [2.24, 2.45) is 17.5 Å². The third-order valence-corrected chi connectivity index (χ3v) is 3.49. The Morgan fingerprint density at radius 3 is 2.54 bits per heavy atom. The summed E-state index contributed by atoms with van der Waals surface area (Å²) < 4.78 is 44.7. The number of ether oxygens (including phenoxy) is 1. The molecule has 0 spiro atoms. The summed E-state index contributed by atoms with van der Waals surface area (Å²) in [6, 6.07) is 4.74. The van der Waals surface area contributed by atoms with Gasteiger partial charge in [-0.15, -0.1) is 0 Å². The topological polar surface area (TPSA) is 77.4 Å². The lowest BCUT2D eigenvalue weighted by atomic mass is 10.2. The fourth-order valence-corrected chi connectivity index (χ4v) is 2.07. The van der Waals surface area contributed by atoms with E-state index in [9.17, 15) is 13.2 Å². The molecule has 0 atom stereocenters. The predicted octanol–water partition coefficient (Wildman–Crippen LogP) is 3.40. The maximum absolute atomic E-state index is 13.1. The Morgan fingerprint density at radius 1 is 1.35 bits per heavy atom. The molecule has 0 radical (unpaired) electrons. The van der Waals surface area contributed by atoms with Crippen LogP contribution >= 0.6 is 0 Å². The molecule has 2 rings (SSSR count). The van der Waals surface area contributed by atoms with Gasteiger partial charge in [-0.25, -0.2) is 9.99 Å². The van der Waals surface area contributed by atoms with E-state index in [0.717, 1.165) is 19.4 Å². The van der Waals surface area contributed by atoms with Gasteiger partial charge in [-0.1, -0.05) is 26.0 Å². The number of pyridine rings is 1. The lowest BCUT2D eigenvalue weighted by Gasteiger charge is -2.16. The fraction of sp³-hybridized carbons (Fsp3) is 0.500. The van der Waals surface area contributed by atoms with Crippen LogP contribution < -0.4 is 16.3 Å². The smallest absolute Gasteiger partial charge is 0.417 e. The van der Waals surface area contributed by atoms with Crippen LogP contribution in [0.1, 0.15) is 26.7 Å². The second kappa shape index (κ2) is 10.9. The third-order valence-electron chi connectivity index (χ3n) is 3.49. The number of hydrazine groups is 1. The Hall–Kier alpha value is -1.90. The van der Waals surface area contributed by atoms with E-state index < -0.39 is 18.3 Å². The molecule has 146 valence electrons. The van der Waals surface area contributed by atoms with Crippen LogP contribution in [0.4, 0.5) is 13.2 Å². The third kappa shape index (κ3) is 7.99. The molecular formula is C18H27F3N4O. The van der Waals surface area contributed by atoms with Gasteiger partial charge in [0.25, 0.3) is 0 Å². The molecule has 1 aliphatic carbocycles. The van der Waals surface area contributed by atoms with Gasteiger partial charge in [-0.2, -0.15) is 13.2 Å². The summed E-state index contributed by atoms with van der Waals surface area (Å²) in [6.45, 7) is 4.36. The van der Waals surface area contributed by atoms with Crippen LogP contribution in [0, 0.1) is 5.92 Å². The van der Waals surface area contributed by atoms with Crippen molar-refractivity contribution in [2.45, 2.75) is 32.9 Å². The van der Waals surface area contributed by atoms with Crippen LogP contribution in [-0.2, 0) is 0 Å². The summed E-state index contributed by atoms with van der Waals surface area (Å²) in [6.07, 6.45) is 1.93. The number of hydrogen-bond acceptors (Lipinski definition) is 5. The van der Waals surface area contributed by atoms with E-state index in [2.05, 4.69) is 4.98 Å². The standard InChI is InChI=1S/C16H21F3N4O.C2H6/c17-16(18,19)13(10-20)14(24-15-5-1-2-8-22-15)4-3-9-23(21)11-12-6-7-12;1-2/h1-5,8,12H,6-7,9-11,20-21H2;1-2H3/b4-3-,14-13-;. The number of alkyl halides is 3. The average molecular weight is 372 g/mol. The first-order valence-electron chi connectivity index (χ1n) is 8.65. The number of halogens is 3. The first-order valence-corrected chi connectivity index (χ1v) is 8.65. The molecule has 26 heavy (non-hydrogen) atoms. The van der Waals surface area contributed by atoms with E-state index in [1.165, 1.54) is 24.4 Å². The molecular weight excluding hydrogens is 345 g/mol. The van der Waals surface area contributed by atoms with Crippen molar-refractivity contribution >= 4 is 0 Å². The Kier molecular flexibility index (Phi) is 9.32. The second-order valence-corrected chi connectivity index (χ2v) is 5.61. The highest BCUT2D eigenvalue weighted by Crippen LogP contribution is 2.30. The van der Waals surface area contributed by atoms with Crippen molar-refractivity contribution in [3.8, 4) is 5.88 Å². The molecule has 4 N–H and O–H groups in total. The van der Waals surface area contributed by atoms with Gasteiger partial charge in [0.05, 0.1) is 5.57 Å². The van der Waals surface area contributed by atoms with E-state index in [0.29, 0.717) is 12.5 Å². The summed E-state index contributed by atoms with van der Waals surface area (Å²) in [4.78, 5) is 3.87. The highest BCUT2D eigenvalue weighted by Gasteiger charge is 2.36. The molecule has 0 unspecified atom stereocenters. The molecule has 0 amide bonds. The minimum Gasteiger partial charge on any atom is -0.439 e. The summed E-state index contributed by atoms with van der Waals surface area (Å²) in [5.74, 6) is 6.10. The minimum absolute atomic E-state index is 0.0648. The fourth-order valence-electron chi connectivity index (χ4n) is 2.07. The van der Waals surface area contributed by atoms with Crippen LogP contribution in [-0.4, -0.2) is 35.8 Å². The molecule has 1 heterocycles. The molecule has 1 aromatic rings. The first kappa shape index (κ1) is 22.1. The van der Waals surface area contributed by atoms with Crippen LogP contribution in [0.5, 0.6) is 5.88 Å². The maximum Gasteiger partial charge on any atom is 0.417 e. The van der Waals surface area contributed by atoms with E-state index in [-0.39, 0.29) is 11.6 Å². The van der Waals surface area contributed by atoms with Crippen molar-refractivity contribution < 1.29 is 17.9 Å². The summed E-state index contributed by atoms with van der Waals surface area (Å²) in [7, 11) is 0. The zero-order valence-corrected chi connectivity index (χ0v) is 15.2. The maximum atomic E-state index is 13.1. The van der Waals surface area contributed by atoms with Crippen LogP contribution in [0.25, 0.3) is 0 Å². The Morgan fingerprint density at radius 2 is 2.04 bits per heavy atom. The van der Waals surface area contributed by atoms with Gasteiger partial charge in [0.1, 0.15) is 5.76 Å². The van der Waals surface area contributed by atoms with E-state index in [4.69, 9.17) is 16.3 Å². The van der Waals surface area contributed by atoms with Gasteiger partial charge in [0.2, 0.25) is 5.88 Å². The highest BCUT2D eigenvalue weighted by molar-refractivity contribution is 5.29. The quantitative estimate of drug-likeness (QED) is 0.316. The highest BCUT2D eigenvalue weighted by atomic mass is 19.4. The SMILES string of the molecule is CC.NC/C(=C(\C=C/CN(N)CC1CC1)Oc1ccccn1)C(F)(F)F. The molecule has 0 aliphatic heterocycles. The molecule has 1 aliphatic rings. The molecule has 0 bridgehead atoms. The monoisotopic (exact) mass is 372 g/mol. The van der Waals surface area contributed by atoms with E-state index >= 15 is 0 Å². The summed E-state index contributed by atoms with van der Waals surface area (Å²) >= 11 is 0.